The summed E-state index contributed by atoms with van der Waals surface area (Å²) in [4.78, 5) is 44.2. The average molecular weight is 356 g/mol. The molecule has 2 aromatic heterocycles. The van der Waals surface area contributed by atoms with Crippen LogP contribution in [0.2, 0.25) is 0 Å². The monoisotopic (exact) mass is 356 g/mol. The fraction of sp³-hybridized carbons (Fsp3) is 0.294. The first-order valence-corrected chi connectivity index (χ1v) is 8.88. The van der Waals surface area contributed by atoms with Crippen LogP contribution in [0.25, 0.3) is 10.2 Å². The second-order valence-corrected chi connectivity index (χ2v) is 7.07. The van der Waals surface area contributed by atoms with Crippen molar-refractivity contribution < 1.29 is 4.79 Å². The van der Waals surface area contributed by atoms with Crippen LogP contribution in [0.5, 0.6) is 0 Å². The van der Waals surface area contributed by atoms with Crippen molar-refractivity contribution in [3.8, 4) is 0 Å². The second kappa shape index (κ2) is 6.29. The van der Waals surface area contributed by atoms with Gasteiger partial charge in [-0.25, -0.2) is 9.78 Å². The van der Waals surface area contributed by atoms with Gasteiger partial charge in [-0.3, -0.25) is 19.1 Å². The van der Waals surface area contributed by atoms with Crippen LogP contribution < -0.4 is 11.2 Å². The molecule has 3 heterocycles. The number of carbonyl (C=O) groups is 1. The fourth-order valence-corrected chi connectivity index (χ4v) is 4.28. The highest BCUT2D eigenvalue weighted by Gasteiger charge is 2.32. The number of para-hydroxylation sites is 1. The average Bonchev–Trinajstić information content (AvgIpc) is 3.23. The van der Waals surface area contributed by atoms with E-state index in [1.54, 1.807) is 16.2 Å². The Bertz CT molecular complexity index is 1020. The van der Waals surface area contributed by atoms with Crippen LogP contribution in [-0.4, -0.2) is 31.9 Å². The normalized spacial score (nSPS) is 17.3. The van der Waals surface area contributed by atoms with Crippen molar-refractivity contribution >= 4 is 27.5 Å². The molecule has 1 amide bonds. The molecule has 0 unspecified atom stereocenters. The van der Waals surface area contributed by atoms with Crippen LogP contribution in [0, 0.1) is 0 Å². The molecule has 1 aromatic carbocycles. The number of aromatic nitrogens is 3. The highest BCUT2D eigenvalue weighted by atomic mass is 32.1. The van der Waals surface area contributed by atoms with Crippen LogP contribution in [0.15, 0.2) is 46.1 Å². The lowest BCUT2D eigenvalue weighted by Crippen LogP contribution is -2.38. The third kappa shape index (κ3) is 3.00. The number of hydrogen-bond donors (Lipinski definition) is 1. The SMILES string of the molecule is O=C(Cn1ccc(=O)[nH]c1=O)N1CCC[C@@H]1c1nc2ccccc2s1. The maximum Gasteiger partial charge on any atom is 0.328 e. The maximum absolute atomic E-state index is 12.7. The number of rotatable bonds is 3. The van der Waals surface area contributed by atoms with Crippen molar-refractivity contribution in [2.45, 2.75) is 25.4 Å². The standard InChI is InChI=1S/C17H16N4O3S/c22-14-7-9-20(17(24)19-14)10-15(23)21-8-3-5-12(21)16-18-11-4-1-2-6-13(11)25-16/h1-2,4,6-7,9,12H,3,5,8,10H2,(H,19,22,24)/t12-/m1/s1. The summed E-state index contributed by atoms with van der Waals surface area (Å²) in [5, 5.41) is 0.931. The first-order chi connectivity index (χ1) is 12.1. The number of aromatic amines is 1. The summed E-state index contributed by atoms with van der Waals surface area (Å²) in [5.74, 6) is -0.143. The minimum absolute atomic E-state index is 0.0524. The van der Waals surface area contributed by atoms with Crippen molar-refractivity contribution in [1.82, 2.24) is 19.4 Å². The Labute approximate surface area is 146 Å². The van der Waals surface area contributed by atoms with Crippen molar-refractivity contribution in [3.63, 3.8) is 0 Å². The van der Waals surface area contributed by atoms with Crippen molar-refractivity contribution in [2.24, 2.45) is 0 Å². The lowest BCUT2D eigenvalue weighted by atomic mass is 10.2. The number of hydrogen-bond acceptors (Lipinski definition) is 5. The summed E-state index contributed by atoms with van der Waals surface area (Å²) < 4.78 is 2.32. The molecule has 1 fully saturated rings. The van der Waals surface area contributed by atoms with Gasteiger partial charge in [0.05, 0.1) is 16.3 Å². The highest BCUT2D eigenvalue weighted by molar-refractivity contribution is 7.18. The van der Waals surface area contributed by atoms with E-state index in [1.165, 1.54) is 16.8 Å². The van der Waals surface area contributed by atoms with Gasteiger partial charge in [0.2, 0.25) is 5.91 Å². The molecule has 1 aliphatic rings. The predicted molar refractivity (Wildman–Crippen MR) is 94.6 cm³/mol. The molecule has 3 aromatic rings. The van der Waals surface area contributed by atoms with Crippen molar-refractivity contribution in [3.05, 3.63) is 62.4 Å². The second-order valence-electron chi connectivity index (χ2n) is 6.00. The Hall–Kier alpha value is -2.74. The van der Waals surface area contributed by atoms with Gasteiger partial charge in [0.15, 0.2) is 0 Å². The van der Waals surface area contributed by atoms with Crippen LogP contribution in [-0.2, 0) is 11.3 Å². The number of amides is 1. The van der Waals surface area contributed by atoms with E-state index < -0.39 is 11.2 Å². The van der Waals surface area contributed by atoms with Gasteiger partial charge in [0, 0.05) is 18.8 Å². The molecule has 0 aliphatic carbocycles. The third-order valence-corrected chi connectivity index (χ3v) is 5.51. The number of nitrogens with one attached hydrogen (secondary N) is 1. The highest BCUT2D eigenvalue weighted by Crippen LogP contribution is 2.36. The van der Waals surface area contributed by atoms with E-state index in [2.05, 4.69) is 9.97 Å². The zero-order chi connectivity index (χ0) is 17.4. The van der Waals surface area contributed by atoms with Crippen molar-refractivity contribution in [1.29, 1.82) is 0 Å². The van der Waals surface area contributed by atoms with Gasteiger partial charge < -0.3 is 4.90 Å². The number of benzene rings is 1. The number of nitrogens with zero attached hydrogens (tertiary/aromatic N) is 3. The van der Waals surface area contributed by atoms with Gasteiger partial charge in [-0.1, -0.05) is 12.1 Å². The fourth-order valence-electron chi connectivity index (χ4n) is 3.16. The van der Waals surface area contributed by atoms with Gasteiger partial charge in [-0.05, 0) is 25.0 Å². The number of carbonyl (C=O) groups excluding carboxylic acids is 1. The van der Waals surface area contributed by atoms with E-state index >= 15 is 0 Å². The zero-order valence-corrected chi connectivity index (χ0v) is 14.2. The Morgan fingerprint density at radius 2 is 2.12 bits per heavy atom. The van der Waals surface area contributed by atoms with Crippen LogP contribution in [0.4, 0.5) is 0 Å². The molecule has 7 nitrogen and oxygen atoms in total. The third-order valence-electron chi connectivity index (χ3n) is 4.37. The quantitative estimate of drug-likeness (QED) is 0.770. The van der Waals surface area contributed by atoms with E-state index in [1.807, 2.05) is 24.3 Å². The maximum atomic E-state index is 12.7. The lowest BCUT2D eigenvalue weighted by molar-refractivity contribution is -0.132. The minimum Gasteiger partial charge on any atom is -0.332 e. The Morgan fingerprint density at radius 3 is 2.92 bits per heavy atom. The molecular weight excluding hydrogens is 340 g/mol. The predicted octanol–water partition coefficient (Wildman–Crippen LogP) is 1.51. The Morgan fingerprint density at radius 1 is 1.28 bits per heavy atom. The van der Waals surface area contributed by atoms with Gasteiger partial charge in [-0.15, -0.1) is 11.3 Å². The number of thiazole rings is 1. The van der Waals surface area contributed by atoms with E-state index in [4.69, 9.17) is 0 Å². The molecular formula is C17H16N4O3S. The first-order valence-electron chi connectivity index (χ1n) is 8.06. The molecule has 25 heavy (non-hydrogen) atoms. The molecule has 0 bridgehead atoms. The summed E-state index contributed by atoms with van der Waals surface area (Å²) >= 11 is 1.61. The molecule has 1 atom stereocenters. The van der Waals surface area contributed by atoms with Gasteiger partial charge >= 0.3 is 5.69 Å². The van der Waals surface area contributed by atoms with Gasteiger partial charge in [-0.2, -0.15) is 0 Å². The summed E-state index contributed by atoms with van der Waals surface area (Å²) in [6, 6.07) is 9.11. The Kier molecular flexibility index (Phi) is 3.96. The number of fused-ring (bicyclic) bond motifs is 1. The first kappa shape index (κ1) is 15.8. The Balaban J connectivity index is 1.59. The van der Waals surface area contributed by atoms with Crippen molar-refractivity contribution in [2.75, 3.05) is 6.54 Å². The number of likely N-dealkylation sites (tertiary alicyclic amines) is 1. The molecule has 1 saturated heterocycles. The van der Waals surface area contributed by atoms with Crippen LogP contribution >= 0.6 is 11.3 Å². The number of H-pyrrole nitrogens is 1. The van der Waals surface area contributed by atoms with Gasteiger partial charge in [0.1, 0.15) is 11.6 Å². The minimum atomic E-state index is -0.573. The smallest absolute Gasteiger partial charge is 0.328 e. The van der Waals surface area contributed by atoms with E-state index in [0.717, 1.165) is 28.1 Å². The molecule has 0 spiro atoms. The summed E-state index contributed by atoms with van der Waals surface area (Å²) in [6.45, 7) is 0.564. The zero-order valence-electron chi connectivity index (χ0n) is 13.3. The summed E-state index contributed by atoms with van der Waals surface area (Å²) in [6.07, 6.45) is 3.13. The van der Waals surface area contributed by atoms with Gasteiger partial charge in [0.25, 0.3) is 5.56 Å². The molecule has 0 saturated carbocycles. The van der Waals surface area contributed by atoms with E-state index in [9.17, 15) is 14.4 Å². The largest absolute Gasteiger partial charge is 0.332 e. The molecule has 8 heteroatoms. The lowest BCUT2D eigenvalue weighted by Gasteiger charge is -2.23. The van der Waals surface area contributed by atoms with E-state index in [-0.39, 0.29) is 18.5 Å². The van der Waals surface area contributed by atoms with E-state index in [0.29, 0.717) is 6.54 Å². The molecule has 1 aliphatic heterocycles. The molecule has 1 N–H and O–H groups in total. The molecule has 128 valence electrons. The molecule has 0 radical (unpaired) electrons. The van der Waals surface area contributed by atoms with Crippen LogP contribution in [0.3, 0.4) is 0 Å². The topological polar surface area (TPSA) is 88.1 Å². The molecule has 4 rings (SSSR count). The summed E-state index contributed by atoms with van der Waals surface area (Å²) in [5.41, 5.74) is -0.0996. The van der Waals surface area contributed by atoms with Crippen LogP contribution in [0.1, 0.15) is 23.9 Å². The summed E-state index contributed by atoms with van der Waals surface area (Å²) in [7, 11) is 0.